The van der Waals surface area contributed by atoms with Crippen molar-refractivity contribution >= 4 is 11.8 Å². The monoisotopic (exact) mass is 168 g/mol. The molecule has 0 bridgehead atoms. The summed E-state index contributed by atoms with van der Waals surface area (Å²) in [5, 5.41) is 0. The molecule has 0 aliphatic carbocycles. The van der Waals surface area contributed by atoms with Crippen molar-refractivity contribution in [3.05, 3.63) is 12.7 Å². The van der Waals surface area contributed by atoms with Gasteiger partial charge >= 0.3 is 5.97 Å². The van der Waals surface area contributed by atoms with Gasteiger partial charge in [-0.05, 0) is 13.8 Å². The van der Waals surface area contributed by atoms with Gasteiger partial charge < -0.3 is 4.74 Å². The number of rotatable bonds is 2. The lowest BCUT2D eigenvalue weighted by atomic mass is 9.88. The van der Waals surface area contributed by atoms with Gasteiger partial charge in [-0.25, -0.2) is 0 Å². The van der Waals surface area contributed by atoms with Gasteiger partial charge in [0.25, 0.3) is 0 Å². The zero-order valence-electron chi connectivity index (χ0n) is 7.24. The Kier molecular flexibility index (Phi) is 2.31. The number of hydrogen-bond donors (Lipinski definition) is 0. The lowest BCUT2D eigenvalue weighted by molar-refractivity contribution is -0.146. The highest BCUT2D eigenvalue weighted by molar-refractivity contribution is 5.99. The van der Waals surface area contributed by atoms with E-state index >= 15 is 0 Å². The fourth-order valence-electron chi connectivity index (χ4n) is 1.53. The first kappa shape index (κ1) is 8.97. The highest BCUT2D eigenvalue weighted by Gasteiger charge is 2.43. The number of Topliss-reactive ketones (excluding diaryl/α,β-unsaturated/α-hetero) is 1. The molecule has 0 saturated carbocycles. The molecule has 66 valence electrons. The number of carbonyl (C=O) groups is 2. The topological polar surface area (TPSA) is 43.4 Å². The quantitative estimate of drug-likeness (QED) is 0.350. The maximum absolute atomic E-state index is 11.1. The minimum atomic E-state index is -0.627. The van der Waals surface area contributed by atoms with Gasteiger partial charge in [-0.1, -0.05) is 6.08 Å². The molecule has 0 aromatic heterocycles. The standard InChI is InChI=1S/C9H12O3/c1-4-7-6(3)12-9(11)8(7)5(2)10/h4,6-8H,1H2,2-3H3. The fourth-order valence-corrected chi connectivity index (χ4v) is 1.53. The second-order valence-electron chi connectivity index (χ2n) is 3.04. The van der Waals surface area contributed by atoms with Crippen LogP contribution in [-0.2, 0) is 14.3 Å². The molecule has 12 heavy (non-hydrogen) atoms. The summed E-state index contributed by atoms with van der Waals surface area (Å²) in [5.74, 6) is -1.35. The summed E-state index contributed by atoms with van der Waals surface area (Å²) in [4.78, 5) is 22.1. The molecule has 0 amide bonds. The molecular formula is C9H12O3. The van der Waals surface area contributed by atoms with Crippen LogP contribution in [0.1, 0.15) is 13.8 Å². The van der Waals surface area contributed by atoms with Crippen LogP contribution in [0.5, 0.6) is 0 Å². The fraction of sp³-hybridized carbons (Fsp3) is 0.556. The van der Waals surface area contributed by atoms with Crippen molar-refractivity contribution in [2.24, 2.45) is 11.8 Å². The van der Waals surface area contributed by atoms with E-state index in [1.807, 2.05) is 0 Å². The summed E-state index contributed by atoms with van der Waals surface area (Å²) in [5.41, 5.74) is 0. The van der Waals surface area contributed by atoms with Crippen molar-refractivity contribution in [2.45, 2.75) is 20.0 Å². The van der Waals surface area contributed by atoms with Crippen LogP contribution in [0.3, 0.4) is 0 Å². The van der Waals surface area contributed by atoms with E-state index in [0.717, 1.165) is 0 Å². The van der Waals surface area contributed by atoms with Gasteiger partial charge in [0, 0.05) is 5.92 Å². The third-order valence-corrected chi connectivity index (χ3v) is 2.19. The number of hydrogen-bond acceptors (Lipinski definition) is 3. The van der Waals surface area contributed by atoms with E-state index in [1.54, 1.807) is 13.0 Å². The highest BCUT2D eigenvalue weighted by Crippen LogP contribution is 2.29. The van der Waals surface area contributed by atoms with E-state index in [1.165, 1.54) is 6.92 Å². The molecule has 0 spiro atoms. The van der Waals surface area contributed by atoms with Gasteiger partial charge in [0.15, 0.2) is 0 Å². The minimum absolute atomic E-state index is 0.144. The molecule has 0 N–H and O–H groups in total. The van der Waals surface area contributed by atoms with E-state index in [0.29, 0.717) is 0 Å². The van der Waals surface area contributed by atoms with Gasteiger partial charge in [-0.15, -0.1) is 6.58 Å². The highest BCUT2D eigenvalue weighted by atomic mass is 16.6. The number of ketones is 1. The first-order valence-electron chi connectivity index (χ1n) is 3.91. The summed E-state index contributed by atoms with van der Waals surface area (Å²) < 4.78 is 4.91. The first-order chi connectivity index (χ1) is 5.57. The number of esters is 1. The molecule has 3 atom stereocenters. The Morgan fingerprint density at radius 3 is 2.58 bits per heavy atom. The molecule has 1 saturated heterocycles. The average molecular weight is 168 g/mol. The van der Waals surface area contributed by atoms with E-state index in [9.17, 15) is 9.59 Å². The zero-order chi connectivity index (χ0) is 9.30. The molecule has 1 rings (SSSR count). The van der Waals surface area contributed by atoms with Crippen LogP contribution in [0.15, 0.2) is 12.7 Å². The zero-order valence-corrected chi connectivity index (χ0v) is 7.24. The number of ether oxygens (including phenoxy) is 1. The Balaban J connectivity index is 2.89. The maximum Gasteiger partial charge on any atom is 0.317 e. The lowest BCUT2D eigenvalue weighted by Crippen LogP contribution is -2.23. The third kappa shape index (κ3) is 1.26. The van der Waals surface area contributed by atoms with E-state index in [2.05, 4.69) is 6.58 Å². The van der Waals surface area contributed by atoms with Crippen molar-refractivity contribution in [3.8, 4) is 0 Å². The SMILES string of the molecule is C=CC1C(C)OC(=O)C1C(C)=O. The Morgan fingerprint density at radius 2 is 2.25 bits per heavy atom. The summed E-state index contributed by atoms with van der Waals surface area (Å²) in [6.45, 7) is 6.75. The molecule has 3 nitrogen and oxygen atoms in total. The van der Waals surface area contributed by atoms with Crippen LogP contribution < -0.4 is 0 Å². The van der Waals surface area contributed by atoms with E-state index in [4.69, 9.17) is 4.74 Å². The first-order valence-corrected chi connectivity index (χ1v) is 3.91. The van der Waals surface area contributed by atoms with Crippen molar-refractivity contribution in [2.75, 3.05) is 0 Å². The molecule has 0 aromatic rings. The Bertz CT molecular complexity index is 232. The molecule has 1 heterocycles. The predicted molar refractivity (Wildman–Crippen MR) is 43.4 cm³/mol. The summed E-state index contributed by atoms with van der Waals surface area (Å²) in [6, 6.07) is 0. The normalized spacial score (nSPS) is 34.5. The van der Waals surface area contributed by atoms with Crippen LogP contribution >= 0.6 is 0 Å². The van der Waals surface area contributed by atoms with Crippen molar-refractivity contribution in [1.82, 2.24) is 0 Å². The van der Waals surface area contributed by atoms with Gasteiger partial charge in [-0.3, -0.25) is 9.59 Å². The predicted octanol–water partition coefficient (Wildman–Crippen LogP) is 0.939. The van der Waals surface area contributed by atoms with Gasteiger partial charge in [0.1, 0.15) is 17.8 Å². The minimum Gasteiger partial charge on any atom is -0.461 e. The van der Waals surface area contributed by atoms with Crippen molar-refractivity contribution < 1.29 is 14.3 Å². The van der Waals surface area contributed by atoms with Crippen LogP contribution in [-0.4, -0.2) is 17.9 Å². The van der Waals surface area contributed by atoms with Crippen LogP contribution in [0.2, 0.25) is 0 Å². The third-order valence-electron chi connectivity index (χ3n) is 2.19. The van der Waals surface area contributed by atoms with Gasteiger partial charge in [0.2, 0.25) is 0 Å². The summed E-state index contributed by atoms with van der Waals surface area (Å²) in [6.07, 6.45) is 1.39. The summed E-state index contributed by atoms with van der Waals surface area (Å²) >= 11 is 0. The maximum atomic E-state index is 11.1. The van der Waals surface area contributed by atoms with E-state index < -0.39 is 11.9 Å². The Morgan fingerprint density at radius 1 is 1.67 bits per heavy atom. The average Bonchev–Trinajstić information content (AvgIpc) is 2.24. The van der Waals surface area contributed by atoms with Crippen molar-refractivity contribution in [1.29, 1.82) is 0 Å². The Hall–Kier alpha value is -1.12. The number of carbonyl (C=O) groups excluding carboxylic acids is 2. The molecule has 1 fully saturated rings. The molecule has 1 aliphatic rings. The molecule has 1 aliphatic heterocycles. The Labute approximate surface area is 71.4 Å². The summed E-state index contributed by atoms with van der Waals surface area (Å²) in [7, 11) is 0. The molecule has 3 unspecified atom stereocenters. The van der Waals surface area contributed by atoms with Gasteiger partial charge in [-0.2, -0.15) is 0 Å². The van der Waals surface area contributed by atoms with Crippen molar-refractivity contribution in [3.63, 3.8) is 0 Å². The van der Waals surface area contributed by atoms with E-state index in [-0.39, 0.29) is 17.8 Å². The molecule has 0 radical (unpaired) electrons. The number of cyclic esters (lactones) is 1. The molecule has 0 aromatic carbocycles. The molecule has 3 heteroatoms. The second-order valence-corrected chi connectivity index (χ2v) is 3.04. The molecular weight excluding hydrogens is 156 g/mol. The van der Waals surface area contributed by atoms with Crippen LogP contribution in [0, 0.1) is 11.8 Å². The van der Waals surface area contributed by atoms with Gasteiger partial charge in [0.05, 0.1) is 0 Å². The smallest absolute Gasteiger partial charge is 0.317 e. The lowest BCUT2D eigenvalue weighted by Gasteiger charge is -2.10. The second kappa shape index (κ2) is 3.09. The van der Waals surface area contributed by atoms with Crippen LogP contribution in [0.4, 0.5) is 0 Å². The largest absolute Gasteiger partial charge is 0.461 e. The van der Waals surface area contributed by atoms with Crippen LogP contribution in [0.25, 0.3) is 0 Å².